The van der Waals surface area contributed by atoms with E-state index in [4.69, 9.17) is 5.73 Å². The lowest BCUT2D eigenvalue weighted by molar-refractivity contribution is 0.676. The molecule has 0 aliphatic carbocycles. The molecule has 0 fully saturated rings. The summed E-state index contributed by atoms with van der Waals surface area (Å²) in [6, 6.07) is 10.1. The summed E-state index contributed by atoms with van der Waals surface area (Å²) < 4.78 is 1.75. The Bertz CT molecular complexity index is 447. The van der Waals surface area contributed by atoms with Crippen LogP contribution in [0.2, 0.25) is 0 Å². The molecule has 0 unspecified atom stereocenters. The first-order chi connectivity index (χ1) is 7.79. The summed E-state index contributed by atoms with van der Waals surface area (Å²) in [6.07, 6.45) is 1.92. The Balaban J connectivity index is 2.15. The molecule has 16 heavy (non-hydrogen) atoms. The van der Waals surface area contributed by atoms with Gasteiger partial charge in [0.05, 0.1) is 6.54 Å². The highest BCUT2D eigenvalue weighted by Crippen LogP contribution is 2.07. The van der Waals surface area contributed by atoms with E-state index in [1.807, 2.05) is 18.2 Å². The second-order valence-corrected chi connectivity index (χ2v) is 3.78. The van der Waals surface area contributed by atoms with Crippen molar-refractivity contribution in [3.05, 3.63) is 41.7 Å². The van der Waals surface area contributed by atoms with Gasteiger partial charge < -0.3 is 5.73 Å². The minimum absolute atomic E-state index is 0.493. The standard InChI is InChI=1S/C12H16N4/c1-2-6-11-14-12(13)16(15-11)9-10-7-4-3-5-8-10/h3-5,7-8H,2,6,9H2,1H3,(H2,13,14,15). The molecule has 0 atom stereocenters. The Morgan fingerprint density at radius 3 is 2.69 bits per heavy atom. The maximum atomic E-state index is 5.81. The summed E-state index contributed by atoms with van der Waals surface area (Å²) in [5.74, 6) is 1.32. The maximum Gasteiger partial charge on any atom is 0.219 e. The van der Waals surface area contributed by atoms with Crippen molar-refractivity contribution in [2.24, 2.45) is 0 Å². The minimum Gasteiger partial charge on any atom is -0.368 e. The van der Waals surface area contributed by atoms with Crippen LogP contribution in [0.25, 0.3) is 0 Å². The van der Waals surface area contributed by atoms with Gasteiger partial charge in [0.15, 0.2) is 5.82 Å². The Labute approximate surface area is 95.1 Å². The number of hydrogen-bond donors (Lipinski definition) is 1. The second kappa shape index (κ2) is 4.79. The fourth-order valence-corrected chi connectivity index (χ4v) is 1.61. The van der Waals surface area contributed by atoms with E-state index in [0.717, 1.165) is 18.7 Å². The molecular formula is C12H16N4. The van der Waals surface area contributed by atoms with Gasteiger partial charge in [0.2, 0.25) is 5.95 Å². The van der Waals surface area contributed by atoms with E-state index in [1.165, 1.54) is 5.56 Å². The van der Waals surface area contributed by atoms with Crippen LogP contribution >= 0.6 is 0 Å². The van der Waals surface area contributed by atoms with Crippen molar-refractivity contribution in [3.63, 3.8) is 0 Å². The minimum atomic E-state index is 0.493. The summed E-state index contributed by atoms with van der Waals surface area (Å²) in [6.45, 7) is 2.79. The summed E-state index contributed by atoms with van der Waals surface area (Å²) in [5.41, 5.74) is 6.99. The van der Waals surface area contributed by atoms with Gasteiger partial charge in [-0.3, -0.25) is 0 Å². The van der Waals surface area contributed by atoms with Crippen molar-refractivity contribution in [1.82, 2.24) is 14.8 Å². The summed E-state index contributed by atoms with van der Waals surface area (Å²) >= 11 is 0. The lowest BCUT2D eigenvalue weighted by Gasteiger charge is -2.01. The van der Waals surface area contributed by atoms with E-state index in [1.54, 1.807) is 4.68 Å². The number of hydrogen-bond acceptors (Lipinski definition) is 3. The molecule has 0 spiro atoms. The smallest absolute Gasteiger partial charge is 0.219 e. The third-order valence-electron chi connectivity index (χ3n) is 2.39. The Morgan fingerprint density at radius 2 is 2.00 bits per heavy atom. The first-order valence-corrected chi connectivity index (χ1v) is 5.52. The first-order valence-electron chi connectivity index (χ1n) is 5.52. The van der Waals surface area contributed by atoms with Gasteiger partial charge in [-0.15, -0.1) is 0 Å². The van der Waals surface area contributed by atoms with E-state index < -0.39 is 0 Å². The molecule has 1 heterocycles. The number of rotatable bonds is 4. The maximum absolute atomic E-state index is 5.81. The van der Waals surface area contributed by atoms with Crippen molar-refractivity contribution < 1.29 is 0 Å². The zero-order chi connectivity index (χ0) is 11.4. The molecule has 1 aromatic heterocycles. The molecule has 0 aliphatic heterocycles. The van der Waals surface area contributed by atoms with Crippen LogP contribution in [0.1, 0.15) is 24.7 Å². The fourth-order valence-electron chi connectivity index (χ4n) is 1.61. The normalized spacial score (nSPS) is 10.6. The molecule has 0 saturated heterocycles. The highest BCUT2D eigenvalue weighted by molar-refractivity contribution is 5.21. The topological polar surface area (TPSA) is 56.7 Å². The van der Waals surface area contributed by atoms with Gasteiger partial charge in [-0.25, -0.2) is 4.68 Å². The number of aromatic nitrogens is 3. The molecule has 2 N–H and O–H groups in total. The number of anilines is 1. The molecule has 2 aromatic rings. The van der Waals surface area contributed by atoms with Crippen LogP contribution in [0.5, 0.6) is 0 Å². The molecule has 0 bridgehead atoms. The summed E-state index contributed by atoms with van der Waals surface area (Å²) in [4.78, 5) is 4.23. The van der Waals surface area contributed by atoms with Crippen LogP contribution in [0, 0.1) is 0 Å². The van der Waals surface area contributed by atoms with Gasteiger partial charge in [0, 0.05) is 6.42 Å². The number of benzene rings is 1. The van der Waals surface area contributed by atoms with Gasteiger partial charge in [0.1, 0.15) is 0 Å². The average Bonchev–Trinajstić information content (AvgIpc) is 2.61. The zero-order valence-electron chi connectivity index (χ0n) is 9.43. The van der Waals surface area contributed by atoms with Crippen molar-refractivity contribution in [1.29, 1.82) is 0 Å². The average molecular weight is 216 g/mol. The fraction of sp³-hybridized carbons (Fsp3) is 0.333. The van der Waals surface area contributed by atoms with E-state index in [2.05, 4.69) is 29.1 Å². The third-order valence-corrected chi connectivity index (χ3v) is 2.39. The molecule has 1 aromatic carbocycles. The molecule has 4 nitrogen and oxygen atoms in total. The number of aryl methyl sites for hydroxylation is 1. The third kappa shape index (κ3) is 2.39. The molecule has 84 valence electrons. The summed E-state index contributed by atoms with van der Waals surface area (Å²) in [5, 5.41) is 4.38. The largest absolute Gasteiger partial charge is 0.368 e. The highest BCUT2D eigenvalue weighted by Gasteiger charge is 2.06. The zero-order valence-corrected chi connectivity index (χ0v) is 9.43. The molecule has 0 radical (unpaired) electrons. The van der Waals surface area contributed by atoms with E-state index in [0.29, 0.717) is 12.5 Å². The highest BCUT2D eigenvalue weighted by atomic mass is 15.4. The van der Waals surface area contributed by atoms with Crippen molar-refractivity contribution in [3.8, 4) is 0 Å². The van der Waals surface area contributed by atoms with Crippen molar-refractivity contribution >= 4 is 5.95 Å². The Morgan fingerprint density at radius 1 is 1.25 bits per heavy atom. The Kier molecular flexibility index (Phi) is 3.19. The predicted molar refractivity (Wildman–Crippen MR) is 64.0 cm³/mol. The molecule has 0 aliphatic rings. The van der Waals surface area contributed by atoms with Crippen LogP contribution in [0.4, 0.5) is 5.95 Å². The molecule has 0 amide bonds. The van der Waals surface area contributed by atoms with Gasteiger partial charge >= 0.3 is 0 Å². The van der Waals surface area contributed by atoms with Gasteiger partial charge in [-0.05, 0) is 12.0 Å². The van der Waals surface area contributed by atoms with E-state index in [-0.39, 0.29) is 0 Å². The van der Waals surface area contributed by atoms with Crippen LogP contribution < -0.4 is 5.73 Å². The van der Waals surface area contributed by atoms with Crippen LogP contribution in [0.15, 0.2) is 30.3 Å². The van der Waals surface area contributed by atoms with Crippen molar-refractivity contribution in [2.75, 3.05) is 5.73 Å². The number of nitrogens with zero attached hydrogens (tertiary/aromatic N) is 3. The van der Waals surface area contributed by atoms with Crippen molar-refractivity contribution in [2.45, 2.75) is 26.3 Å². The Hall–Kier alpha value is -1.84. The van der Waals surface area contributed by atoms with Gasteiger partial charge in [-0.2, -0.15) is 10.1 Å². The lowest BCUT2D eigenvalue weighted by Crippen LogP contribution is -2.06. The first kappa shape index (κ1) is 10.7. The number of nitrogen functional groups attached to an aromatic ring is 1. The lowest BCUT2D eigenvalue weighted by atomic mass is 10.2. The molecule has 4 heteroatoms. The predicted octanol–water partition coefficient (Wildman–Crippen LogP) is 1.86. The second-order valence-electron chi connectivity index (χ2n) is 3.78. The van der Waals surface area contributed by atoms with Crippen LogP contribution in [0.3, 0.4) is 0 Å². The van der Waals surface area contributed by atoms with Gasteiger partial charge in [-0.1, -0.05) is 37.3 Å². The van der Waals surface area contributed by atoms with Gasteiger partial charge in [0.25, 0.3) is 0 Å². The quantitative estimate of drug-likeness (QED) is 0.848. The number of nitrogens with two attached hydrogens (primary N) is 1. The van der Waals surface area contributed by atoms with Crippen LogP contribution in [-0.4, -0.2) is 14.8 Å². The monoisotopic (exact) mass is 216 g/mol. The van der Waals surface area contributed by atoms with Crippen LogP contribution in [-0.2, 0) is 13.0 Å². The SMILES string of the molecule is CCCc1nc(N)n(Cc2ccccc2)n1. The molecular weight excluding hydrogens is 200 g/mol. The summed E-state index contributed by atoms with van der Waals surface area (Å²) in [7, 11) is 0. The van der Waals surface area contributed by atoms with E-state index >= 15 is 0 Å². The molecule has 2 rings (SSSR count). The molecule has 0 saturated carbocycles. The van der Waals surface area contributed by atoms with E-state index in [9.17, 15) is 0 Å².